The van der Waals surface area contributed by atoms with Crippen LogP contribution in [0.5, 0.6) is 0 Å². The lowest BCUT2D eigenvalue weighted by Gasteiger charge is -2.32. The Kier molecular flexibility index (Phi) is 4.11. The fourth-order valence-electron chi connectivity index (χ4n) is 4.13. The molecule has 0 radical (unpaired) electrons. The monoisotopic (exact) mass is 374 g/mol. The molecule has 134 valence electrons. The Bertz CT molecular complexity index is 1150. The highest BCUT2D eigenvalue weighted by atomic mass is 32.1. The summed E-state index contributed by atoms with van der Waals surface area (Å²) in [6.45, 7) is 1.73. The summed E-state index contributed by atoms with van der Waals surface area (Å²) in [5.41, 5.74) is 3.44. The Balaban J connectivity index is 1.55. The van der Waals surface area contributed by atoms with Crippen LogP contribution in [0.25, 0.3) is 10.9 Å². The van der Waals surface area contributed by atoms with E-state index in [0.29, 0.717) is 11.9 Å². The van der Waals surface area contributed by atoms with Gasteiger partial charge < -0.3 is 9.88 Å². The highest BCUT2D eigenvalue weighted by molar-refractivity contribution is 7.10. The zero-order chi connectivity index (χ0) is 18.2. The maximum absolute atomic E-state index is 12.4. The van der Waals surface area contributed by atoms with Crippen molar-refractivity contribution in [3.05, 3.63) is 98.2 Å². The van der Waals surface area contributed by atoms with E-state index in [1.807, 2.05) is 35.6 Å². The average Bonchev–Trinajstić information content (AvgIpc) is 3.17. The van der Waals surface area contributed by atoms with Gasteiger partial charge in [-0.15, -0.1) is 11.3 Å². The third kappa shape index (κ3) is 2.99. The Morgan fingerprint density at radius 1 is 1.07 bits per heavy atom. The minimum absolute atomic E-state index is 0.0560. The van der Waals surface area contributed by atoms with Crippen LogP contribution in [0.3, 0.4) is 0 Å². The van der Waals surface area contributed by atoms with Crippen LogP contribution in [0.2, 0.25) is 0 Å². The lowest BCUT2D eigenvalue weighted by Crippen LogP contribution is -3.12. The molecule has 0 spiro atoms. The summed E-state index contributed by atoms with van der Waals surface area (Å²) in [6, 6.07) is 20.7. The normalized spacial score (nSPS) is 19.1. The number of hydrogen-bond donors (Lipinski definition) is 2. The third-order valence-electron chi connectivity index (χ3n) is 5.36. The highest BCUT2D eigenvalue weighted by Crippen LogP contribution is 2.29. The van der Waals surface area contributed by atoms with Crippen LogP contribution in [0.4, 0.5) is 0 Å². The lowest BCUT2D eigenvalue weighted by molar-refractivity contribution is -0.941. The van der Waals surface area contributed by atoms with E-state index in [-0.39, 0.29) is 11.6 Å². The number of aromatic nitrogens is 2. The first kappa shape index (κ1) is 16.4. The van der Waals surface area contributed by atoms with Gasteiger partial charge in [-0.3, -0.25) is 4.79 Å². The van der Waals surface area contributed by atoms with E-state index < -0.39 is 0 Å². The lowest BCUT2D eigenvalue weighted by atomic mass is 9.93. The summed E-state index contributed by atoms with van der Waals surface area (Å²) in [5, 5.41) is 2.84. The van der Waals surface area contributed by atoms with Gasteiger partial charge in [-0.1, -0.05) is 42.5 Å². The van der Waals surface area contributed by atoms with Crippen molar-refractivity contribution >= 4 is 22.2 Å². The summed E-state index contributed by atoms with van der Waals surface area (Å²) < 4.78 is 0. The zero-order valence-corrected chi connectivity index (χ0v) is 15.6. The number of H-pyrrole nitrogens is 1. The molecule has 0 saturated heterocycles. The summed E-state index contributed by atoms with van der Waals surface area (Å²) in [4.78, 5) is 23.1. The van der Waals surface area contributed by atoms with Crippen molar-refractivity contribution in [2.24, 2.45) is 0 Å². The van der Waals surface area contributed by atoms with Gasteiger partial charge in [0, 0.05) is 22.4 Å². The first-order valence-corrected chi connectivity index (χ1v) is 10.1. The van der Waals surface area contributed by atoms with Crippen LogP contribution in [0.15, 0.2) is 70.8 Å². The molecule has 4 aromatic rings. The van der Waals surface area contributed by atoms with Gasteiger partial charge in [-0.05, 0) is 23.6 Å². The van der Waals surface area contributed by atoms with Crippen LogP contribution in [0, 0.1) is 0 Å². The molecule has 4 nitrogen and oxygen atoms in total. The van der Waals surface area contributed by atoms with Crippen molar-refractivity contribution in [2.45, 2.75) is 19.0 Å². The number of para-hydroxylation sites is 1. The number of benzene rings is 2. The molecule has 1 unspecified atom stereocenters. The number of thiophene rings is 1. The van der Waals surface area contributed by atoms with Crippen molar-refractivity contribution in [3.8, 4) is 0 Å². The van der Waals surface area contributed by atoms with Gasteiger partial charge in [0.25, 0.3) is 5.56 Å². The Morgan fingerprint density at radius 3 is 2.78 bits per heavy atom. The van der Waals surface area contributed by atoms with Crippen LogP contribution in [-0.2, 0) is 13.0 Å². The second kappa shape index (κ2) is 6.76. The predicted octanol–water partition coefficient (Wildman–Crippen LogP) is 2.72. The molecule has 0 aliphatic carbocycles. The second-order valence-corrected chi connectivity index (χ2v) is 8.01. The van der Waals surface area contributed by atoms with Gasteiger partial charge in [0.1, 0.15) is 12.6 Å². The number of quaternary nitrogens is 1. The van der Waals surface area contributed by atoms with Gasteiger partial charge in [-0.2, -0.15) is 0 Å². The molecule has 2 atom stereocenters. The van der Waals surface area contributed by atoms with Crippen LogP contribution < -0.4 is 10.5 Å². The molecule has 27 heavy (non-hydrogen) atoms. The van der Waals surface area contributed by atoms with Crippen molar-refractivity contribution in [1.82, 2.24) is 9.97 Å². The summed E-state index contributed by atoms with van der Waals surface area (Å²) in [5.74, 6) is 0.758. The first-order valence-electron chi connectivity index (χ1n) is 9.23. The SMILES string of the molecule is O=c1[nH]c(C[NH+]2CCc3sccc3[C@H]2c2ccccc2)nc2ccccc12. The summed E-state index contributed by atoms with van der Waals surface area (Å²) in [7, 11) is 0. The molecule has 1 aliphatic heterocycles. The maximum Gasteiger partial charge on any atom is 0.258 e. The smallest absolute Gasteiger partial charge is 0.258 e. The quantitative estimate of drug-likeness (QED) is 0.579. The zero-order valence-electron chi connectivity index (χ0n) is 14.8. The number of fused-ring (bicyclic) bond motifs is 2. The molecular weight excluding hydrogens is 354 g/mol. The Labute approximate surface area is 161 Å². The largest absolute Gasteiger partial charge is 0.318 e. The standard InChI is InChI=1S/C22H19N3OS/c26-22-16-8-4-5-9-18(16)23-20(24-22)14-25-12-10-19-17(11-13-27-19)21(25)15-6-2-1-3-7-15/h1-9,11,13,21H,10,12,14H2,(H,23,24,26)/p+1/t21-/m1/s1. The van der Waals surface area contributed by atoms with Crippen molar-refractivity contribution in [2.75, 3.05) is 6.54 Å². The molecule has 0 saturated carbocycles. The molecule has 2 N–H and O–H groups in total. The van der Waals surface area contributed by atoms with Crippen molar-refractivity contribution in [3.63, 3.8) is 0 Å². The highest BCUT2D eigenvalue weighted by Gasteiger charge is 2.33. The molecule has 0 amide bonds. The molecule has 5 rings (SSSR count). The average molecular weight is 374 g/mol. The molecule has 0 fully saturated rings. The van der Waals surface area contributed by atoms with Gasteiger partial charge in [0.2, 0.25) is 0 Å². The molecule has 3 heterocycles. The third-order valence-corrected chi connectivity index (χ3v) is 6.36. The second-order valence-electron chi connectivity index (χ2n) is 7.01. The van der Waals surface area contributed by atoms with Gasteiger partial charge in [-0.25, -0.2) is 4.98 Å². The summed E-state index contributed by atoms with van der Waals surface area (Å²) >= 11 is 1.85. The molecule has 2 aromatic carbocycles. The number of aromatic amines is 1. The molecular formula is C22H20N3OS+. The van der Waals surface area contributed by atoms with Crippen LogP contribution in [0.1, 0.15) is 27.9 Å². The fourth-order valence-corrected chi connectivity index (χ4v) is 5.05. The topological polar surface area (TPSA) is 50.2 Å². The van der Waals surface area contributed by atoms with Gasteiger partial charge >= 0.3 is 0 Å². The van der Waals surface area contributed by atoms with Crippen molar-refractivity contribution < 1.29 is 4.90 Å². The van der Waals surface area contributed by atoms with Gasteiger partial charge in [0.05, 0.1) is 17.4 Å². The number of nitrogens with one attached hydrogen (secondary N) is 2. The molecule has 2 aromatic heterocycles. The van der Waals surface area contributed by atoms with E-state index in [9.17, 15) is 4.79 Å². The van der Waals surface area contributed by atoms with Crippen molar-refractivity contribution in [1.29, 1.82) is 0 Å². The summed E-state index contributed by atoms with van der Waals surface area (Å²) in [6.07, 6.45) is 1.07. The number of nitrogens with zero attached hydrogens (tertiary/aromatic N) is 1. The molecule has 0 bridgehead atoms. The fraction of sp³-hybridized carbons (Fsp3) is 0.182. The molecule has 5 heteroatoms. The van der Waals surface area contributed by atoms with E-state index in [2.05, 4.69) is 46.8 Å². The van der Waals surface area contributed by atoms with Crippen LogP contribution >= 0.6 is 11.3 Å². The predicted molar refractivity (Wildman–Crippen MR) is 108 cm³/mol. The number of hydrogen-bond acceptors (Lipinski definition) is 3. The van der Waals surface area contributed by atoms with E-state index in [1.54, 1.807) is 0 Å². The minimum Gasteiger partial charge on any atom is -0.318 e. The molecule has 1 aliphatic rings. The first-order chi connectivity index (χ1) is 13.3. The van der Waals surface area contributed by atoms with E-state index >= 15 is 0 Å². The Morgan fingerprint density at radius 2 is 1.89 bits per heavy atom. The van der Waals surface area contributed by atoms with Gasteiger partial charge in [0.15, 0.2) is 5.82 Å². The van der Waals surface area contributed by atoms with E-state index in [1.165, 1.54) is 20.9 Å². The minimum atomic E-state index is -0.0560. The maximum atomic E-state index is 12.4. The van der Waals surface area contributed by atoms with E-state index in [4.69, 9.17) is 4.98 Å². The number of rotatable bonds is 3. The van der Waals surface area contributed by atoms with Crippen LogP contribution in [-0.4, -0.2) is 16.5 Å². The Hall–Kier alpha value is -2.76. The van der Waals surface area contributed by atoms with E-state index in [0.717, 1.165) is 24.3 Å².